The molecule has 3 aliphatic rings. The van der Waals surface area contributed by atoms with Crippen molar-refractivity contribution in [1.29, 1.82) is 0 Å². The van der Waals surface area contributed by atoms with Crippen LogP contribution in [-0.2, 0) is 0 Å². The lowest BCUT2D eigenvalue weighted by Crippen LogP contribution is -2.44. The molecule has 0 saturated carbocycles. The van der Waals surface area contributed by atoms with E-state index in [-0.39, 0.29) is 0 Å². The van der Waals surface area contributed by atoms with E-state index < -0.39 is 0 Å². The van der Waals surface area contributed by atoms with Crippen LogP contribution in [0.4, 0.5) is 0 Å². The van der Waals surface area contributed by atoms with Crippen molar-refractivity contribution in [2.45, 2.75) is 51.6 Å². The second-order valence-corrected chi connectivity index (χ2v) is 8.79. The standard InChI is InChI=1S/C20H27ClN2/c1-20(2)8-7-15(12-23-13-17-9-18(23)11-22-17)19(10-20)14-3-5-16(21)6-4-14/h3-6,17-18,22H,7-13H2,1-2H3. The molecule has 2 fully saturated rings. The molecule has 2 aliphatic heterocycles. The Hall–Kier alpha value is -0.830. The molecule has 2 unspecified atom stereocenters. The van der Waals surface area contributed by atoms with Crippen molar-refractivity contribution in [1.82, 2.24) is 10.2 Å². The van der Waals surface area contributed by atoms with Crippen LogP contribution in [0.3, 0.4) is 0 Å². The fourth-order valence-electron chi connectivity index (χ4n) is 4.55. The smallest absolute Gasteiger partial charge is 0.0406 e. The molecule has 124 valence electrons. The van der Waals surface area contributed by atoms with E-state index >= 15 is 0 Å². The first-order valence-electron chi connectivity index (χ1n) is 8.94. The maximum Gasteiger partial charge on any atom is 0.0406 e. The molecule has 3 heteroatoms. The molecule has 0 radical (unpaired) electrons. The van der Waals surface area contributed by atoms with Crippen molar-refractivity contribution in [2.75, 3.05) is 19.6 Å². The zero-order chi connectivity index (χ0) is 16.0. The Morgan fingerprint density at radius 1 is 1.26 bits per heavy atom. The average molecular weight is 331 g/mol. The van der Waals surface area contributed by atoms with E-state index in [1.54, 1.807) is 11.1 Å². The minimum Gasteiger partial charge on any atom is -0.311 e. The number of rotatable bonds is 3. The first-order valence-corrected chi connectivity index (χ1v) is 9.32. The van der Waals surface area contributed by atoms with E-state index in [0.717, 1.165) is 23.7 Å². The van der Waals surface area contributed by atoms with Crippen molar-refractivity contribution < 1.29 is 0 Å². The third kappa shape index (κ3) is 3.22. The highest BCUT2D eigenvalue weighted by Gasteiger charge is 2.38. The van der Waals surface area contributed by atoms with Gasteiger partial charge in [-0.05, 0) is 54.4 Å². The Balaban J connectivity index is 1.63. The highest BCUT2D eigenvalue weighted by molar-refractivity contribution is 6.30. The predicted octanol–water partition coefficient (Wildman–Crippen LogP) is 4.35. The van der Waals surface area contributed by atoms with Crippen LogP contribution in [0.1, 0.15) is 45.1 Å². The number of fused-ring (bicyclic) bond motifs is 2. The fraction of sp³-hybridized carbons (Fsp3) is 0.600. The number of halogens is 1. The summed E-state index contributed by atoms with van der Waals surface area (Å²) in [6.45, 7) is 8.38. The topological polar surface area (TPSA) is 15.3 Å². The van der Waals surface area contributed by atoms with Crippen molar-refractivity contribution in [3.8, 4) is 0 Å². The van der Waals surface area contributed by atoms with Gasteiger partial charge in [0, 0.05) is 36.7 Å². The summed E-state index contributed by atoms with van der Waals surface area (Å²) in [6.07, 6.45) is 5.07. The monoisotopic (exact) mass is 330 g/mol. The van der Waals surface area contributed by atoms with E-state index in [1.807, 2.05) is 12.1 Å². The number of benzene rings is 1. The van der Waals surface area contributed by atoms with Gasteiger partial charge in [-0.25, -0.2) is 0 Å². The molecule has 2 bridgehead atoms. The van der Waals surface area contributed by atoms with Gasteiger partial charge < -0.3 is 5.32 Å². The lowest BCUT2D eigenvalue weighted by Gasteiger charge is -2.36. The number of allylic oxidation sites excluding steroid dienone is 1. The highest BCUT2D eigenvalue weighted by atomic mass is 35.5. The Bertz CT molecular complexity index is 617. The summed E-state index contributed by atoms with van der Waals surface area (Å²) in [5, 5.41) is 4.44. The SMILES string of the molecule is CC1(C)CCC(CN2CC3CC2CN3)=C(c2ccc(Cl)cc2)C1. The normalized spacial score (nSPS) is 30.2. The lowest BCUT2D eigenvalue weighted by molar-refractivity contribution is 0.235. The summed E-state index contributed by atoms with van der Waals surface area (Å²) in [4.78, 5) is 2.71. The van der Waals surface area contributed by atoms with E-state index in [2.05, 4.69) is 36.2 Å². The maximum absolute atomic E-state index is 6.09. The predicted molar refractivity (Wildman–Crippen MR) is 97.8 cm³/mol. The first-order chi connectivity index (χ1) is 11.0. The van der Waals surface area contributed by atoms with Crippen LogP contribution in [0.25, 0.3) is 5.57 Å². The molecule has 4 rings (SSSR count). The highest BCUT2D eigenvalue weighted by Crippen LogP contribution is 2.43. The van der Waals surface area contributed by atoms with Crippen LogP contribution in [0.2, 0.25) is 5.02 Å². The van der Waals surface area contributed by atoms with E-state index in [0.29, 0.717) is 5.41 Å². The zero-order valence-corrected chi connectivity index (χ0v) is 15.0. The van der Waals surface area contributed by atoms with Gasteiger partial charge in [-0.15, -0.1) is 0 Å². The molecule has 1 N–H and O–H groups in total. The molecular formula is C20H27ClN2. The van der Waals surface area contributed by atoms with E-state index in [9.17, 15) is 0 Å². The summed E-state index contributed by atoms with van der Waals surface area (Å²) in [5.74, 6) is 0. The van der Waals surface area contributed by atoms with Gasteiger partial charge in [0.2, 0.25) is 0 Å². The van der Waals surface area contributed by atoms with Gasteiger partial charge in [0.05, 0.1) is 0 Å². The molecule has 23 heavy (non-hydrogen) atoms. The Morgan fingerprint density at radius 2 is 2.04 bits per heavy atom. The van der Waals surface area contributed by atoms with Gasteiger partial charge >= 0.3 is 0 Å². The lowest BCUT2D eigenvalue weighted by atomic mass is 9.72. The van der Waals surface area contributed by atoms with Crippen LogP contribution in [0.15, 0.2) is 29.8 Å². The zero-order valence-electron chi connectivity index (χ0n) is 14.2. The van der Waals surface area contributed by atoms with E-state index in [4.69, 9.17) is 11.6 Å². The van der Waals surface area contributed by atoms with Crippen molar-refractivity contribution in [2.24, 2.45) is 5.41 Å². The Labute approximate surface area is 144 Å². The van der Waals surface area contributed by atoms with Gasteiger partial charge in [-0.3, -0.25) is 4.90 Å². The molecule has 0 amide bonds. The number of hydrogen-bond acceptors (Lipinski definition) is 2. The molecule has 1 aromatic carbocycles. The summed E-state index contributed by atoms with van der Waals surface area (Å²) in [6, 6.07) is 9.97. The first kappa shape index (κ1) is 15.7. The second kappa shape index (κ2) is 5.91. The van der Waals surface area contributed by atoms with Crippen LogP contribution in [-0.4, -0.2) is 36.6 Å². The van der Waals surface area contributed by atoms with Crippen LogP contribution < -0.4 is 5.32 Å². The molecule has 2 atom stereocenters. The summed E-state index contributed by atoms with van der Waals surface area (Å²) < 4.78 is 0. The molecule has 2 heterocycles. The third-order valence-corrected chi connectivity index (χ3v) is 6.19. The van der Waals surface area contributed by atoms with E-state index in [1.165, 1.54) is 44.3 Å². The molecule has 0 aromatic heterocycles. The Morgan fingerprint density at radius 3 is 2.70 bits per heavy atom. The van der Waals surface area contributed by atoms with Crippen LogP contribution in [0, 0.1) is 5.41 Å². The van der Waals surface area contributed by atoms with Crippen molar-refractivity contribution in [3.63, 3.8) is 0 Å². The van der Waals surface area contributed by atoms with Gasteiger partial charge in [-0.2, -0.15) is 0 Å². The maximum atomic E-state index is 6.09. The molecule has 2 nitrogen and oxygen atoms in total. The summed E-state index contributed by atoms with van der Waals surface area (Å²) >= 11 is 6.09. The second-order valence-electron chi connectivity index (χ2n) is 8.35. The van der Waals surface area contributed by atoms with Crippen LogP contribution in [0.5, 0.6) is 0 Å². The fourth-order valence-corrected chi connectivity index (χ4v) is 4.68. The molecular weight excluding hydrogens is 304 g/mol. The van der Waals surface area contributed by atoms with Crippen molar-refractivity contribution in [3.05, 3.63) is 40.4 Å². The van der Waals surface area contributed by atoms with Crippen LogP contribution >= 0.6 is 11.6 Å². The molecule has 2 saturated heterocycles. The minimum atomic E-state index is 0.407. The van der Waals surface area contributed by atoms with Gasteiger partial charge in [0.1, 0.15) is 0 Å². The number of nitrogens with one attached hydrogen (secondary N) is 1. The molecule has 1 aromatic rings. The quantitative estimate of drug-likeness (QED) is 0.886. The largest absolute Gasteiger partial charge is 0.311 e. The molecule has 1 aliphatic carbocycles. The van der Waals surface area contributed by atoms with Crippen molar-refractivity contribution >= 4 is 17.2 Å². The number of piperazine rings is 1. The third-order valence-electron chi connectivity index (χ3n) is 5.94. The van der Waals surface area contributed by atoms with Gasteiger partial charge in [0.15, 0.2) is 0 Å². The molecule has 0 spiro atoms. The Kier molecular flexibility index (Phi) is 4.03. The average Bonchev–Trinajstić information content (AvgIpc) is 3.12. The minimum absolute atomic E-state index is 0.407. The number of nitrogens with zero attached hydrogens (tertiary/aromatic N) is 1. The number of likely N-dealkylation sites (tertiary alicyclic amines) is 1. The summed E-state index contributed by atoms with van der Waals surface area (Å²) in [5.41, 5.74) is 5.02. The van der Waals surface area contributed by atoms with Gasteiger partial charge in [0.25, 0.3) is 0 Å². The number of hydrogen-bond donors (Lipinski definition) is 1. The summed E-state index contributed by atoms with van der Waals surface area (Å²) in [7, 11) is 0. The van der Waals surface area contributed by atoms with Gasteiger partial charge in [-0.1, -0.05) is 43.2 Å².